The molecule has 4 amide bonds. The van der Waals surface area contributed by atoms with Crippen molar-refractivity contribution in [1.82, 2.24) is 10.2 Å². The van der Waals surface area contributed by atoms with E-state index in [9.17, 15) is 19.2 Å². The van der Waals surface area contributed by atoms with Gasteiger partial charge in [-0.15, -0.1) is 0 Å². The Hall–Kier alpha value is -2.90. The summed E-state index contributed by atoms with van der Waals surface area (Å²) in [7, 11) is 0. The number of aryl methyl sites for hydroxylation is 2. The highest BCUT2D eigenvalue weighted by molar-refractivity contribution is 6.09. The van der Waals surface area contributed by atoms with E-state index < -0.39 is 42.0 Å². The molecular formula is C24H33N3O5. The van der Waals surface area contributed by atoms with Crippen LogP contribution >= 0.6 is 0 Å². The fraction of sp³-hybridized carbons (Fsp3) is 0.583. The molecule has 2 N–H and O–H groups in total. The summed E-state index contributed by atoms with van der Waals surface area (Å²) < 4.78 is 5.22. The Morgan fingerprint density at radius 1 is 1.25 bits per heavy atom. The molecule has 3 atom stereocenters. The first-order valence-electron chi connectivity index (χ1n) is 11.0. The number of urea groups is 1. The van der Waals surface area contributed by atoms with Crippen LogP contribution in [0.2, 0.25) is 0 Å². The smallest absolute Gasteiger partial charge is 0.327 e. The predicted octanol–water partition coefficient (Wildman–Crippen LogP) is 3.31. The first-order chi connectivity index (χ1) is 14.8. The number of carbonyl (C=O) groups excluding carboxylic acids is 4. The minimum atomic E-state index is -1.08. The number of imide groups is 1. The Labute approximate surface area is 189 Å². The minimum Gasteiger partial charge on any atom is -0.451 e. The van der Waals surface area contributed by atoms with Crippen molar-refractivity contribution in [3.63, 3.8) is 0 Å². The van der Waals surface area contributed by atoms with Crippen molar-refractivity contribution < 1.29 is 23.9 Å². The predicted molar refractivity (Wildman–Crippen MR) is 120 cm³/mol. The van der Waals surface area contributed by atoms with E-state index in [1.807, 2.05) is 26.0 Å². The maximum Gasteiger partial charge on any atom is 0.327 e. The molecule has 2 fully saturated rings. The molecule has 1 saturated heterocycles. The van der Waals surface area contributed by atoms with Gasteiger partial charge >= 0.3 is 12.0 Å². The second-order valence-electron chi connectivity index (χ2n) is 10.2. The van der Waals surface area contributed by atoms with Crippen molar-refractivity contribution in [3.05, 3.63) is 29.3 Å². The van der Waals surface area contributed by atoms with E-state index in [4.69, 9.17) is 4.74 Å². The van der Waals surface area contributed by atoms with Gasteiger partial charge in [0.25, 0.3) is 11.8 Å². The lowest BCUT2D eigenvalue weighted by molar-refractivity contribution is -0.155. The topological polar surface area (TPSA) is 105 Å². The number of ether oxygens (including phenoxy) is 1. The molecule has 1 aromatic carbocycles. The summed E-state index contributed by atoms with van der Waals surface area (Å²) in [5.74, 6) is -1.42. The molecule has 0 aromatic heterocycles. The highest BCUT2D eigenvalue weighted by Crippen LogP contribution is 2.46. The van der Waals surface area contributed by atoms with Crippen LogP contribution in [0.15, 0.2) is 18.2 Å². The van der Waals surface area contributed by atoms with Crippen LogP contribution in [0.3, 0.4) is 0 Å². The third kappa shape index (κ3) is 4.95. The summed E-state index contributed by atoms with van der Waals surface area (Å²) in [6.07, 6.45) is 0.954. The van der Waals surface area contributed by atoms with Crippen molar-refractivity contribution in [2.45, 2.75) is 72.4 Å². The minimum absolute atomic E-state index is 0.0994. The van der Waals surface area contributed by atoms with Crippen LogP contribution in [0.1, 0.15) is 58.1 Å². The number of hydrogen-bond acceptors (Lipinski definition) is 5. The number of nitrogens with zero attached hydrogens (tertiary/aromatic N) is 1. The maximum absolute atomic E-state index is 13.1. The van der Waals surface area contributed by atoms with Crippen molar-refractivity contribution >= 4 is 29.5 Å². The molecule has 0 radical (unpaired) electrons. The molecule has 8 nitrogen and oxygen atoms in total. The number of hydrogen-bond donors (Lipinski definition) is 2. The van der Waals surface area contributed by atoms with Crippen molar-refractivity contribution in [2.75, 3.05) is 11.9 Å². The number of amides is 4. The third-order valence-electron chi connectivity index (χ3n) is 6.23. The molecule has 1 aliphatic heterocycles. The van der Waals surface area contributed by atoms with Gasteiger partial charge in [0.05, 0.1) is 0 Å². The first-order valence-corrected chi connectivity index (χ1v) is 11.0. The summed E-state index contributed by atoms with van der Waals surface area (Å²) in [6.45, 7) is 11.0. The Morgan fingerprint density at radius 3 is 2.56 bits per heavy atom. The van der Waals surface area contributed by atoms with Gasteiger partial charge in [-0.1, -0.05) is 38.5 Å². The van der Waals surface area contributed by atoms with E-state index in [-0.39, 0.29) is 11.3 Å². The molecule has 3 unspecified atom stereocenters. The first kappa shape index (κ1) is 23.8. The quantitative estimate of drug-likeness (QED) is 0.537. The van der Waals surface area contributed by atoms with Crippen LogP contribution in [-0.4, -0.2) is 46.9 Å². The third-order valence-corrected chi connectivity index (χ3v) is 6.23. The second kappa shape index (κ2) is 8.56. The fourth-order valence-corrected chi connectivity index (χ4v) is 5.25. The molecule has 32 heavy (non-hydrogen) atoms. The Kier molecular flexibility index (Phi) is 6.36. The molecule has 2 aliphatic rings. The number of esters is 1. The lowest BCUT2D eigenvalue weighted by Crippen LogP contribution is -2.54. The molecular weight excluding hydrogens is 410 g/mol. The highest BCUT2D eigenvalue weighted by Gasteiger charge is 2.56. The lowest BCUT2D eigenvalue weighted by atomic mass is 9.64. The van der Waals surface area contributed by atoms with E-state index in [1.165, 1.54) is 6.92 Å². The van der Waals surface area contributed by atoms with Gasteiger partial charge in [0.1, 0.15) is 12.1 Å². The van der Waals surface area contributed by atoms with Crippen molar-refractivity contribution in [3.8, 4) is 0 Å². The van der Waals surface area contributed by atoms with Gasteiger partial charge in [0.2, 0.25) is 0 Å². The second-order valence-corrected chi connectivity index (χ2v) is 10.2. The van der Waals surface area contributed by atoms with Crippen LogP contribution in [0, 0.1) is 25.2 Å². The number of nitrogens with one attached hydrogen (secondary N) is 2. The van der Waals surface area contributed by atoms with Gasteiger partial charge in [0.15, 0.2) is 6.10 Å². The Balaban J connectivity index is 1.61. The largest absolute Gasteiger partial charge is 0.451 e. The van der Waals surface area contributed by atoms with Crippen molar-refractivity contribution in [2.24, 2.45) is 11.3 Å². The summed E-state index contributed by atoms with van der Waals surface area (Å²) in [5, 5.41) is 5.57. The zero-order chi connectivity index (χ0) is 23.8. The van der Waals surface area contributed by atoms with E-state index in [1.54, 1.807) is 6.07 Å². The molecule has 1 aliphatic carbocycles. The summed E-state index contributed by atoms with van der Waals surface area (Å²) in [5.41, 5.74) is 1.52. The molecule has 1 aromatic rings. The number of anilines is 1. The highest BCUT2D eigenvalue weighted by atomic mass is 16.5. The van der Waals surface area contributed by atoms with Gasteiger partial charge in [-0.25, -0.2) is 4.79 Å². The zero-order valence-corrected chi connectivity index (χ0v) is 19.7. The lowest BCUT2D eigenvalue weighted by Gasteiger charge is -2.43. The van der Waals surface area contributed by atoms with Crippen LogP contribution in [0.25, 0.3) is 0 Å². The Bertz CT molecular complexity index is 957. The van der Waals surface area contributed by atoms with Crippen LogP contribution in [0.5, 0.6) is 0 Å². The molecule has 8 heteroatoms. The zero-order valence-electron chi connectivity index (χ0n) is 19.7. The average molecular weight is 444 g/mol. The van der Waals surface area contributed by atoms with E-state index in [0.717, 1.165) is 22.4 Å². The molecule has 1 spiro atoms. The van der Waals surface area contributed by atoms with Gasteiger partial charge in [-0.2, -0.15) is 0 Å². The van der Waals surface area contributed by atoms with Gasteiger partial charge < -0.3 is 15.4 Å². The molecule has 174 valence electrons. The van der Waals surface area contributed by atoms with Crippen LogP contribution in [0.4, 0.5) is 10.5 Å². The molecule has 1 saturated carbocycles. The maximum atomic E-state index is 13.1. The van der Waals surface area contributed by atoms with E-state index >= 15 is 0 Å². The SMILES string of the molecule is Cc1ccc(NC(=O)C(C)OC(=O)CN2C(=O)NC3(CC(C)CC(C)(C)C3)C2=O)c(C)c1. The Morgan fingerprint density at radius 2 is 1.94 bits per heavy atom. The van der Waals surface area contributed by atoms with E-state index in [2.05, 4.69) is 31.4 Å². The van der Waals surface area contributed by atoms with Gasteiger partial charge in [-0.3, -0.25) is 19.3 Å². The van der Waals surface area contributed by atoms with E-state index in [0.29, 0.717) is 18.5 Å². The molecule has 3 rings (SSSR count). The van der Waals surface area contributed by atoms with Crippen LogP contribution < -0.4 is 10.6 Å². The van der Waals surface area contributed by atoms with Gasteiger partial charge in [0, 0.05) is 5.69 Å². The summed E-state index contributed by atoms with van der Waals surface area (Å²) in [6, 6.07) is 5.01. The number of benzene rings is 1. The number of rotatable bonds is 5. The summed E-state index contributed by atoms with van der Waals surface area (Å²) >= 11 is 0. The molecule has 0 bridgehead atoms. The fourth-order valence-electron chi connectivity index (χ4n) is 5.25. The number of carbonyl (C=O) groups is 4. The van der Waals surface area contributed by atoms with Crippen molar-refractivity contribution in [1.29, 1.82) is 0 Å². The molecule has 1 heterocycles. The standard InChI is InChI=1S/C24H33N3O5/c1-14-7-8-18(16(3)9-14)25-20(29)17(4)32-19(28)12-27-21(30)24(26-22(27)31)11-15(2)10-23(5,6)13-24/h7-9,15,17H,10-13H2,1-6H3,(H,25,29)(H,26,31). The van der Waals surface area contributed by atoms with Gasteiger partial charge in [-0.05, 0) is 63.0 Å². The van der Waals surface area contributed by atoms with Crippen LogP contribution in [-0.2, 0) is 19.1 Å². The summed E-state index contributed by atoms with van der Waals surface area (Å²) in [4.78, 5) is 51.5. The normalized spacial score (nSPS) is 25.4. The average Bonchev–Trinajstić information content (AvgIpc) is 2.85. The monoisotopic (exact) mass is 443 g/mol.